The van der Waals surface area contributed by atoms with E-state index in [0.717, 1.165) is 12.2 Å². The molecule has 1 N–H and O–H groups in total. The molecule has 4 heteroatoms. The number of para-hydroxylation sites is 1. The zero-order valence-electron chi connectivity index (χ0n) is 13.0. The van der Waals surface area contributed by atoms with Crippen LogP contribution in [0, 0.1) is 0 Å². The standard InChI is InChI=1S/C18H21NO3/c1-3-14-8-10-15(11-9-14)22-13-12-19-18(20)16-6-4-5-7-17(16)21-2/h4-11H,3,12-13H2,1-2H3,(H,19,20). The monoisotopic (exact) mass is 299 g/mol. The van der Waals surface area contributed by atoms with Gasteiger partial charge in [-0.25, -0.2) is 0 Å². The first-order valence-electron chi connectivity index (χ1n) is 7.37. The van der Waals surface area contributed by atoms with Gasteiger partial charge in [-0.1, -0.05) is 31.2 Å². The summed E-state index contributed by atoms with van der Waals surface area (Å²) in [6, 6.07) is 15.1. The van der Waals surface area contributed by atoms with Crippen LogP contribution in [0.1, 0.15) is 22.8 Å². The zero-order valence-corrected chi connectivity index (χ0v) is 13.0. The van der Waals surface area contributed by atoms with Crippen molar-refractivity contribution in [2.45, 2.75) is 13.3 Å². The van der Waals surface area contributed by atoms with Crippen molar-refractivity contribution in [2.75, 3.05) is 20.3 Å². The molecule has 0 bridgehead atoms. The summed E-state index contributed by atoms with van der Waals surface area (Å²) in [5.74, 6) is 1.21. The smallest absolute Gasteiger partial charge is 0.255 e. The van der Waals surface area contributed by atoms with Gasteiger partial charge in [0.25, 0.3) is 5.91 Å². The molecule has 2 rings (SSSR count). The van der Waals surface area contributed by atoms with Gasteiger partial charge in [-0.15, -0.1) is 0 Å². The molecule has 2 aromatic carbocycles. The fourth-order valence-corrected chi connectivity index (χ4v) is 2.08. The van der Waals surface area contributed by atoms with Gasteiger partial charge in [-0.2, -0.15) is 0 Å². The normalized spacial score (nSPS) is 10.1. The fraction of sp³-hybridized carbons (Fsp3) is 0.278. The number of methoxy groups -OCH3 is 1. The Hall–Kier alpha value is -2.49. The van der Waals surface area contributed by atoms with Crippen LogP contribution < -0.4 is 14.8 Å². The van der Waals surface area contributed by atoms with Crippen molar-refractivity contribution in [1.82, 2.24) is 5.32 Å². The van der Waals surface area contributed by atoms with Crippen LogP contribution >= 0.6 is 0 Å². The Labute approximate surface area is 131 Å². The minimum absolute atomic E-state index is 0.164. The number of rotatable bonds is 7. The summed E-state index contributed by atoms with van der Waals surface area (Å²) in [7, 11) is 1.55. The average molecular weight is 299 g/mol. The second-order valence-electron chi connectivity index (χ2n) is 4.80. The van der Waals surface area contributed by atoms with Gasteiger partial charge in [0.05, 0.1) is 19.2 Å². The molecule has 0 fully saturated rings. The number of benzene rings is 2. The van der Waals surface area contributed by atoms with Crippen LogP contribution in [0.5, 0.6) is 11.5 Å². The lowest BCUT2D eigenvalue weighted by Crippen LogP contribution is -2.28. The Bertz CT molecular complexity index is 608. The molecule has 0 aliphatic rings. The first-order chi connectivity index (χ1) is 10.7. The highest BCUT2D eigenvalue weighted by atomic mass is 16.5. The van der Waals surface area contributed by atoms with Gasteiger partial charge in [-0.3, -0.25) is 4.79 Å². The maximum atomic E-state index is 12.1. The van der Waals surface area contributed by atoms with Crippen molar-refractivity contribution in [1.29, 1.82) is 0 Å². The number of carbonyl (C=O) groups excluding carboxylic acids is 1. The van der Waals surface area contributed by atoms with Gasteiger partial charge in [0.2, 0.25) is 0 Å². The van der Waals surface area contributed by atoms with Crippen molar-refractivity contribution in [3.8, 4) is 11.5 Å². The lowest BCUT2D eigenvalue weighted by molar-refractivity contribution is 0.0944. The summed E-state index contributed by atoms with van der Waals surface area (Å²) < 4.78 is 10.8. The van der Waals surface area contributed by atoms with Crippen LogP contribution in [0.3, 0.4) is 0 Å². The lowest BCUT2D eigenvalue weighted by Gasteiger charge is -2.10. The fourth-order valence-electron chi connectivity index (χ4n) is 2.08. The van der Waals surface area contributed by atoms with E-state index in [2.05, 4.69) is 12.2 Å². The molecule has 0 unspecified atom stereocenters. The lowest BCUT2D eigenvalue weighted by atomic mass is 10.2. The largest absolute Gasteiger partial charge is 0.496 e. The van der Waals surface area contributed by atoms with Crippen LogP contribution in [0.4, 0.5) is 0 Å². The van der Waals surface area contributed by atoms with Crippen LogP contribution in [-0.2, 0) is 6.42 Å². The van der Waals surface area contributed by atoms with Crippen LogP contribution in [0.2, 0.25) is 0 Å². The van der Waals surface area contributed by atoms with Gasteiger partial charge in [0.1, 0.15) is 18.1 Å². The highest BCUT2D eigenvalue weighted by Gasteiger charge is 2.10. The maximum absolute atomic E-state index is 12.1. The second kappa shape index (κ2) is 8.08. The molecule has 0 aliphatic carbocycles. The number of hydrogen-bond donors (Lipinski definition) is 1. The predicted octanol–water partition coefficient (Wildman–Crippen LogP) is 3.07. The molecule has 0 atom stereocenters. The van der Waals surface area contributed by atoms with Crippen LogP contribution in [0.25, 0.3) is 0 Å². The summed E-state index contributed by atoms with van der Waals surface area (Å²) in [5, 5.41) is 2.82. The molecular weight excluding hydrogens is 278 g/mol. The number of carbonyl (C=O) groups is 1. The summed E-state index contributed by atoms with van der Waals surface area (Å²) >= 11 is 0. The van der Waals surface area contributed by atoms with Crippen molar-refractivity contribution < 1.29 is 14.3 Å². The number of aryl methyl sites for hydroxylation is 1. The highest BCUT2D eigenvalue weighted by Crippen LogP contribution is 2.16. The first kappa shape index (κ1) is 15.9. The molecule has 0 radical (unpaired) electrons. The van der Waals surface area contributed by atoms with Crippen molar-refractivity contribution in [3.05, 3.63) is 59.7 Å². The molecule has 4 nitrogen and oxygen atoms in total. The maximum Gasteiger partial charge on any atom is 0.255 e. The van der Waals surface area contributed by atoms with E-state index < -0.39 is 0 Å². The number of hydrogen-bond acceptors (Lipinski definition) is 3. The minimum atomic E-state index is -0.164. The Morgan fingerprint density at radius 1 is 1.09 bits per heavy atom. The molecule has 0 heterocycles. The number of ether oxygens (including phenoxy) is 2. The Balaban J connectivity index is 1.79. The molecule has 22 heavy (non-hydrogen) atoms. The van der Waals surface area contributed by atoms with Gasteiger partial charge in [0.15, 0.2) is 0 Å². The van der Waals surface area contributed by atoms with E-state index in [1.807, 2.05) is 36.4 Å². The summed E-state index contributed by atoms with van der Waals surface area (Å²) in [4.78, 5) is 12.1. The molecule has 0 saturated carbocycles. The van der Waals surface area contributed by atoms with E-state index >= 15 is 0 Å². The molecule has 0 aliphatic heterocycles. The van der Waals surface area contributed by atoms with Gasteiger partial charge < -0.3 is 14.8 Å². The SMILES string of the molecule is CCc1ccc(OCCNC(=O)c2ccccc2OC)cc1. The first-order valence-corrected chi connectivity index (χ1v) is 7.37. The molecule has 116 valence electrons. The van der Waals surface area contributed by atoms with Crippen LogP contribution in [0.15, 0.2) is 48.5 Å². The molecular formula is C18H21NO3. The Morgan fingerprint density at radius 2 is 1.82 bits per heavy atom. The highest BCUT2D eigenvalue weighted by molar-refractivity contribution is 5.96. The molecule has 2 aromatic rings. The van der Waals surface area contributed by atoms with Gasteiger partial charge in [0, 0.05) is 0 Å². The Morgan fingerprint density at radius 3 is 2.50 bits per heavy atom. The summed E-state index contributed by atoms with van der Waals surface area (Å²) in [6.45, 7) is 2.97. The Kier molecular flexibility index (Phi) is 5.83. The molecule has 0 aromatic heterocycles. The predicted molar refractivity (Wildman–Crippen MR) is 86.6 cm³/mol. The molecule has 1 amide bonds. The van der Waals surface area contributed by atoms with Gasteiger partial charge >= 0.3 is 0 Å². The van der Waals surface area contributed by atoms with E-state index in [1.54, 1.807) is 19.2 Å². The van der Waals surface area contributed by atoms with E-state index in [4.69, 9.17) is 9.47 Å². The van der Waals surface area contributed by atoms with E-state index in [9.17, 15) is 4.79 Å². The van der Waals surface area contributed by atoms with Crippen molar-refractivity contribution in [3.63, 3.8) is 0 Å². The molecule has 0 spiro atoms. The average Bonchev–Trinajstić information content (AvgIpc) is 2.59. The van der Waals surface area contributed by atoms with Crippen molar-refractivity contribution >= 4 is 5.91 Å². The second-order valence-corrected chi connectivity index (χ2v) is 4.80. The van der Waals surface area contributed by atoms with Gasteiger partial charge in [-0.05, 0) is 36.2 Å². The number of amides is 1. The van der Waals surface area contributed by atoms with Crippen LogP contribution in [-0.4, -0.2) is 26.2 Å². The van der Waals surface area contributed by atoms with E-state index in [0.29, 0.717) is 24.5 Å². The summed E-state index contributed by atoms with van der Waals surface area (Å²) in [5.41, 5.74) is 1.80. The third kappa shape index (κ3) is 4.25. The third-order valence-electron chi connectivity index (χ3n) is 3.34. The zero-order chi connectivity index (χ0) is 15.8. The van der Waals surface area contributed by atoms with E-state index in [-0.39, 0.29) is 5.91 Å². The number of nitrogens with one attached hydrogen (secondary N) is 1. The summed E-state index contributed by atoms with van der Waals surface area (Å²) in [6.07, 6.45) is 1.01. The topological polar surface area (TPSA) is 47.6 Å². The van der Waals surface area contributed by atoms with Crippen molar-refractivity contribution in [2.24, 2.45) is 0 Å². The quantitative estimate of drug-likeness (QED) is 0.799. The molecule has 0 saturated heterocycles. The third-order valence-corrected chi connectivity index (χ3v) is 3.34. The minimum Gasteiger partial charge on any atom is -0.496 e. The van der Waals surface area contributed by atoms with E-state index in [1.165, 1.54) is 5.56 Å².